The number of anilines is 1. The minimum atomic E-state index is 0.910. The van der Waals surface area contributed by atoms with E-state index in [1.807, 2.05) is 0 Å². The number of imidazole rings is 1. The topological polar surface area (TPSA) is 29.9 Å². The maximum atomic E-state index is 4.61. The molecule has 88 valence electrons. The van der Waals surface area contributed by atoms with E-state index in [-0.39, 0.29) is 0 Å². The Morgan fingerprint density at radius 2 is 2.06 bits per heavy atom. The van der Waals surface area contributed by atoms with Gasteiger partial charge in [0.25, 0.3) is 0 Å². The Bertz CT molecular complexity index is 543. The van der Waals surface area contributed by atoms with Gasteiger partial charge in [-0.1, -0.05) is 29.8 Å². The van der Waals surface area contributed by atoms with Gasteiger partial charge < -0.3 is 9.88 Å². The molecule has 0 fully saturated rings. The normalized spacial score (nSPS) is 14.2. The van der Waals surface area contributed by atoms with Gasteiger partial charge in [-0.25, -0.2) is 4.98 Å². The molecular formula is C13H14BrN3. The first-order chi connectivity index (χ1) is 8.25. The van der Waals surface area contributed by atoms with Crippen LogP contribution in [-0.4, -0.2) is 16.1 Å². The van der Waals surface area contributed by atoms with Crippen molar-refractivity contribution in [3.05, 3.63) is 34.4 Å². The van der Waals surface area contributed by atoms with Crippen LogP contribution in [0.4, 0.5) is 5.82 Å². The van der Waals surface area contributed by atoms with Crippen molar-refractivity contribution in [1.82, 2.24) is 9.55 Å². The molecule has 0 bridgehead atoms. The van der Waals surface area contributed by atoms with Gasteiger partial charge in [0.1, 0.15) is 16.2 Å². The number of nitrogens with zero attached hydrogens (tertiary/aromatic N) is 2. The third kappa shape index (κ3) is 1.86. The van der Waals surface area contributed by atoms with Gasteiger partial charge in [-0.2, -0.15) is 0 Å². The van der Waals surface area contributed by atoms with Gasteiger partial charge in [0.05, 0.1) is 0 Å². The third-order valence-electron chi connectivity index (χ3n) is 3.09. The summed E-state index contributed by atoms with van der Waals surface area (Å²) in [5, 5.41) is 3.39. The highest BCUT2D eigenvalue weighted by Crippen LogP contribution is 2.31. The zero-order valence-electron chi connectivity index (χ0n) is 9.70. The van der Waals surface area contributed by atoms with Crippen LogP contribution in [0.5, 0.6) is 0 Å². The van der Waals surface area contributed by atoms with Crippen molar-refractivity contribution in [2.24, 2.45) is 0 Å². The first-order valence-electron chi connectivity index (χ1n) is 5.82. The fourth-order valence-corrected chi connectivity index (χ4v) is 2.70. The van der Waals surface area contributed by atoms with Crippen molar-refractivity contribution >= 4 is 21.7 Å². The summed E-state index contributed by atoms with van der Waals surface area (Å²) in [7, 11) is 0. The van der Waals surface area contributed by atoms with Crippen LogP contribution in [0.15, 0.2) is 28.9 Å². The van der Waals surface area contributed by atoms with Crippen LogP contribution >= 0.6 is 15.9 Å². The SMILES string of the molecule is Cc1ccc(-c2nc(Br)c3n2CCCN3)cc1. The summed E-state index contributed by atoms with van der Waals surface area (Å²) in [4.78, 5) is 4.61. The Balaban J connectivity index is 2.11. The van der Waals surface area contributed by atoms with Crippen LogP contribution in [0, 0.1) is 6.92 Å². The molecule has 1 aromatic heterocycles. The van der Waals surface area contributed by atoms with Crippen molar-refractivity contribution in [3.63, 3.8) is 0 Å². The van der Waals surface area contributed by atoms with E-state index in [1.54, 1.807) is 0 Å². The van der Waals surface area contributed by atoms with Gasteiger partial charge in [-0.05, 0) is 29.3 Å². The summed E-state index contributed by atoms with van der Waals surface area (Å²) in [6.45, 7) is 4.16. The number of fused-ring (bicyclic) bond motifs is 1. The van der Waals surface area contributed by atoms with Crippen LogP contribution in [0.2, 0.25) is 0 Å². The monoisotopic (exact) mass is 291 g/mol. The fourth-order valence-electron chi connectivity index (χ4n) is 2.18. The highest BCUT2D eigenvalue weighted by atomic mass is 79.9. The van der Waals surface area contributed by atoms with Crippen LogP contribution in [0.3, 0.4) is 0 Å². The minimum absolute atomic E-state index is 0.910. The molecule has 0 saturated heterocycles. The molecule has 0 aliphatic carbocycles. The maximum Gasteiger partial charge on any atom is 0.149 e. The second kappa shape index (κ2) is 4.18. The van der Waals surface area contributed by atoms with Gasteiger partial charge in [0, 0.05) is 18.7 Å². The summed E-state index contributed by atoms with van der Waals surface area (Å²) < 4.78 is 3.16. The Kier molecular flexibility index (Phi) is 2.67. The Hall–Kier alpha value is -1.29. The lowest BCUT2D eigenvalue weighted by Crippen LogP contribution is -2.17. The van der Waals surface area contributed by atoms with E-state index in [2.05, 4.69) is 62.0 Å². The summed E-state index contributed by atoms with van der Waals surface area (Å²) in [5.41, 5.74) is 2.45. The predicted molar refractivity (Wildman–Crippen MR) is 73.2 cm³/mol. The summed E-state index contributed by atoms with van der Waals surface area (Å²) in [6, 6.07) is 8.51. The molecule has 0 atom stereocenters. The third-order valence-corrected chi connectivity index (χ3v) is 3.64. The van der Waals surface area contributed by atoms with E-state index < -0.39 is 0 Å². The molecule has 17 heavy (non-hydrogen) atoms. The zero-order chi connectivity index (χ0) is 11.8. The average molecular weight is 292 g/mol. The number of aryl methyl sites for hydroxylation is 1. The molecule has 0 radical (unpaired) electrons. The number of halogens is 1. The molecule has 1 N–H and O–H groups in total. The number of aromatic nitrogens is 2. The highest BCUT2D eigenvalue weighted by molar-refractivity contribution is 9.10. The van der Waals surface area contributed by atoms with Gasteiger partial charge in [-0.15, -0.1) is 0 Å². The van der Waals surface area contributed by atoms with Gasteiger partial charge in [0.15, 0.2) is 0 Å². The molecule has 1 aromatic carbocycles. The van der Waals surface area contributed by atoms with Crippen molar-refractivity contribution in [3.8, 4) is 11.4 Å². The van der Waals surface area contributed by atoms with Crippen molar-refractivity contribution in [2.75, 3.05) is 11.9 Å². The lowest BCUT2D eigenvalue weighted by atomic mass is 10.1. The second-order valence-corrected chi connectivity index (χ2v) is 5.12. The summed E-state index contributed by atoms with van der Waals surface area (Å²) in [6.07, 6.45) is 1.15. The molecule has 0 unspecified atom stereocenters. The van der Waals surface area contributed by atoms with Crippen molar-refractivity contribution in [1.29, 1.82) is 0 Å². The zero-order valence-corrected chi connectivity index (χ0v) is 11.3. The highest BCUT2D eigenvalue weighted by Gasteiger charge is 2.18. The van der Waals surface area contributed by atoms with Gasteiger partial charge in [0.2, 0.25) is 0 Å². The molecule has 3 rings (SSSR count). The Morgan fingerprint density at radius 1 is 1.29 bits per heavy atom. The van der Waals surface area contributed by atoms with E-state index >= 15 is 0 Å². The molecule has 1 aliphatic heterocycles. The molecule has 2 heterocycles. The van der Waals surface area contributed by atoms with E-state index in [0.717, 1.165) is 35.8 Å². The summed E-state index contributed by atoms with van der Waals surface area (Å²) >= 11 is 3.52. The fraction of sp³-hybridized carbons (Fsp3) is 0.308. The lowest BCUT2D eigenvalue weighted by molar-refractivity contribution is 0.635. The molecule has 3 nitrogen and oxygen atoms in total. The van der Waals surface area contributed by atoms with E-state index in [1.165, 1.54) is 11.1 Å². The number of hydrogen-bond donors (Lipinski definition) is 1. The number of nitrogens with one attached hydrogen (secondary N) is 1. The van der Waals surface area contributed by atoms with Crippen LogP contribution in [0.25, 0.3) is 11.4 Å². The van der Waals surface area contributed by atoms with E-state index in [4.69, 9.17) is 0 Å². The molecule has 0 saturated carbocycles. The Morgan fingerprint density at radius 3 is 2.82 bits per heavy atom. The number of hydrogen-bond acceptors (Lipinski definition) is 2. The van der Waals surface area contributed by atoms with Gasteiger partial charge >= 0.3 is 0 Å². The first kappa shape index (κ1) is 10.8. The maximum absolute atomic E-state index is 4.61. The standard InChI is InChI=1S/C13H14BrN3/c1-9-3-5-10(6-4-9)12-16-11(14)13-15-7-2-8-17(12)13/h3-6,15H,2,7-8H2,1H3. The molecule has 0 spiro atoms. The largest absolute Gasteiger partial charge is 0.369 e. The first-order valence-corrected chi connectivity index (χ1v) is 6.62. The van der Waals surface area contributed by atoms with Crippen molar-refractivity contribution < 1.29 is 0 Å². The number of rotatable bonds is 1. The lowest BCUT2D eigenvalue weighted by Gasteiger charge is -2.18. The summed E-state index contributed by atoms with van der Waals surface area (Å²) in [5.74, 6) is 2.14. The predicted octanol–water partition coefficient (Wildman–Crippen LogP) is 3.44. The molecular weight excluding hydrogens is 278 g/mol. The smallest absolute Gasteiger partial charge is 0.149 e. The molecule has 4 heteroatoms. The average Bonchev–Trinajstić information content (AvgIpc) is 2.69. The van der Waals surface area contributed by atoms with Gasteiger partial charge in [-0.3, -0.25) is 0 Å². The van der Waals surface area contributed by atoms with E-state index in [9.17, 15) is 0 Å². The number of benzene rings is 1. The van der Waals surface area contributed by atoms with E-state index in [0.29, 0.717) is 0 Å². The second-order valence-electron chi connectivity index (χ2n) is 4.37. The van der Waals surface area contributed by atoms with Crippen LogP contribution in [0.1, 0.15) is 12.0 Å². The molecule has 1 aliphatic rings. The van der Waals surface area contributed by atoms with Crippen molar-refractivity contribution in [2.45, 2.75) is 19.9 Å². The Labute approximate surface area is 109 Å². The van der Waals surface area contributed by atoms with Crippen LogP contribution in [-0.2, 0) is 6.54 Å². The molecule has 2 aromatic rings. The minimum Gasteiger partial charge on any atom is -0.369 e. The quantitative estimate of drug-likeness (QED) is 0.872. The molecule has 0 amide bonds. The van der Waals surface area contributed by atoms with Crippen LogP contribution < -0.4 is 5.32 Å².